The van der Waals surface area contributed by atoms with Crippen LogP contribution in [0, 0.1) is 25.2 Å². The van der Waals surface area contributed by atoms with Crippen LogP contribution in [0.25, 0.3) is 0 Å². The summed E-state index contributed by atoms with van der Waals surface area (Å²) in [6, 6.07) is 11.2. The molecule has 2 aromatic carbocycles. The van der Waals surface area contributed by atoms with E-state index >= 15 is 0 Å². The Balaban J connectivity index is 2.52. The number of benzene rings is 2. The van der Waals surface area contributed by atoms with E-state index in [4.69, 9.17) is 4.74 Å². The molecule has 0 fully saturated rings. The van der Waals surface area contributed by atoms with Crippen LogP contribution in [-0.2, 0) is 14.3 Å². The molecule has 2 aromatic rings. The summed E-state index contributed by atoms with van der Waals surface area (Å²) >= 11 is 1.50. The number of amides is 3. The average molecular weight is 541 g/mol. The normalized spacial score (nSPS) is 12.6. The largest absolute Gasteiger partial charge is 0.508 e. The van der Waals surface area contributed by atoms with Crippen LogP contribution in [0.3, 0.4) is 0 Å². The van der Waals surface area contributed by atoms with Crippen LogP contribution in [0.5, 0.6) is 5.75 Å². The van der Waals surface area contributed by atoms with Crippen LogP contribution in [0.15, 0.2) is 42.5 Å². The van der Waals surface area contributed by atoms with Crippen molar-refractivity contribution >= 4 is 35.4 Å². The lowest BCUT2D eigenvalue weighted by molar-refractivity contribution is -0.140. The van der Waals surface area contributed by atoms with Gasteiger partial charge in [0.2, 0.25) is 5.91 Å². The van der Waals surface area contributed by atoms with Gasteiger partial charge in [0, 0.05) is 5.69 Å². The second kappa shape index (κ2) is 13.7. The average Bonchev–Trinajstić information content (AvgIpc) is 2.83. The number of aryl methyl sites for hydroxylation is 2. The van der Waals surface area contributed by atoms with E-state index in [0.717, 1.165) is 16.0 Å². The summed E-state index contributed by atoms with van der Waals surface area (Å²) in [4.78, 5) is 41.4. The van der Waals surface area contributed by atoms with Crippen molar-refractivity contribution in [2.45, 2.75) is 58.7 Å². The van der Waals surface area contributed by atoms with Crippen molar-refractivity contribution in [3.63, 3.8) is 0 Å². The van der Waals surface area contributed by atoms with Crippen molar-refractivity contribution in [2.75, 3.05) is 23.9 Å². The number of carbonyl (C=O) groups excluding carboxylic acids is 3. The maximum absolute atomic E-state index is 13.9. The number of nitriles is 1. The highest BCUT2D eigenvalue weighted by molar-refractivity contribution is 7.98. The fraction of sp³-hybridized carbons (Fsp3) is 0.429. The maximum Gasteiger partial charge on any atom is 0.408 e. The lowest BCUT2D eigenvalue weighted by atomic mass is 10.0. The summed E-state index contributed by atoms with van der Waals surface area (Å²) < 4.78 is 5.35. The van der Waals surface area contributed by atoms with Gasteiger partial charge in [-0.05, 0) is 81.9 Å². The fourth-order valence-corrected chi connectivity index (χ4v) is 4.32. The molecule has 0 aromatic heterocycles. The molecule has 38 heavy (non-hydrogen) atoms. The minimum atomic E-state index is -1.21. The number of rotatable bonds is 10. The standard InChI is InChI=1S/C28H36N4O5S/c1-18-8-7-9-19(2)23(18)31-25(34)24(20-10-12-21(33)13-11-20)32(16-15-29)26(35)22(14-17-38-6)30-27(36)37-28(3,4)5/h7-13,22,24,33H,14,16-17H2,1-6H3,(H,30,36)(H,31,34). The van der Waals surface area contributed by atoms with Crippen molar-refractivity contribution in [1.82, 2.24) is 10.2 Å². The van der Waals surface area contributed by atoms with Crippen LogP contribution in [0.2, 0.25) is 0 Å². The zero-order valence-corrected chi connectivity index (χ0v) is 23.5. The highest BCUT2D eigenvalue weighted by atomic mass is 32.2. The lowest BCUT2D eigenvalue weighted by Crippen LogP contribution is -2.52. The van der Waals surface area contributed by atoms with Gasteiger partial charge in [-0.3, -0.25) is 9.59 Å². The van der Waals surface area contributed by atoms with Gasteiger partial charge in [-0.25, -0.2) is 4.79 Å². The SMILES string of the molecule is CSCCC(NC(=O)OC(C)(C)C)C(=O)N(CC#N)C(C(=O)Nc1c(C)cccc1C)c1ccc(O)cc1. The zero-order chi connectivity index (χ0) is 28.5. The van der Waals surface area contributed by atoms with Crippen LogP contribution >= 0.6 is 11.8 Å². The molecular weight excluding hydrogens is 504 g/mol. The number of phenols is 1. The first-order chi connectivity index (χ1) is 17.9. The number of hydrogen-bond donors (Lipinski definition) is 3. The van der Waals surface area contributed by atoms with Crippen molar-refractivity contribution in [3.8, 4) is 11.8 Å². The molecule has 2 unspecified atom stereocenters. The second-order valence-electron chi connectivity index (χ2n) is 9.85. The fourth-order valence-electron chi connectivity index (χ4n) is 3.85. The Morgan fingerprint density at radius 1 is 1.11 bits per heavy atom. The molecule has 10 heteroatoms. The smallest absolute Gasteiger partial charge is 0.408 e. The quantitative estimate of drug-likeness (QED) is 0.373. The molecule has 0 saturated carbocycles. The third-order valence-corrected chi connectivity index (χ3v) is 6.27. The molecule has 204 valence electrons. The Morgan fingerprint density at radius 3 is 2.24 bits per heavy atom. The van der Waals surface area contributed by atoms with Crippen LogP contribution in [0.1, 0.15) is 49.9 Å². The number of carbonyl (C=O) groups is 3. The highest BCUT2D eigenvalue weighted by Gasteiger charge is 2.36. The molecule has 0 heterocycles. The van der Waals surface area contributed by atoms with Gasteiger partial charge >= 0.3 is 6.09 Å². The molecule has 0 aliphatic rings. The van der Waals surface area contributed by atoms with Crippen LogP contribution < -0.4 is 10.6 Å². The molecule has 3 amide bonds. The Morgan fingerprint density at radius 2 is 1.71 bits per heavy atom. The van der Waals surface area contributed by atoms with Gasteiger partial charge in [-0.15, -0.1) is 0 Å². The van der Waals surface area contributed by atoms with Gasteiger partial charge < -0.3 is 25.4 Å². The van der Waals surface area contributed by atoms with E-state index in [1.165, 1.54) is 36.0 Å². The first-order valence-electron chi connectivity index (χ1n) is 12.2. The molecule has 3 N–H and O–H groups in total. The number of aromatic hydroxyl groups is 1. The third-order valence-electron chi connectivity index (χ3n) is 5.62. The van der Waals surface area contributed by atoms with Crippen molar-refractivity contribution < 1.29 is 24.2 Å². The van der Waals surface area contributed by atoms with E-state index in [1.54, 1.807) is 20.8 Å². The molecule has 2 rings (SSSR count). The van der Waals surface area contributed by atoms with E-state index in [2.05, 4.69) is 10.6 Å². The van der Waals surface area contributed by atoms with Gasteiger partial charge in [0.1, 0.15) is 30.0 Å². The number of anilines is 1. The first kappa shape index (κ1) is 30.5. The molecule has 0 bridgehead atoms. The summed E-state index contributed by atoms with van der Waals surface area (Å²) in [5.74, 6) is -0.588. The molecule has 0 spiro atoms. The van der Waals surface area contributed by atoms with Crippen molar-refractivity contribution in [2.24, 2.45) is 0 Å². The molecule has 0 aliphatic heterocycles. The number of thioether (sulfide) groups is 1. The van der Waals surface area contributed by atoms with Crippen molar-refractivity contribution in [3.05, 3.63) is 59.2 Å². The first-order valence-corrected chi connectivity index (χ1v) is 13.6. The van der Waals surface area contributed by atoms with Gasteiger partial charge in [-0.2, -0.15) is 17.0 Å². The molecule has 9 nitrogen and oxygen atoms in total. The Bertz CT molecular complexity index is 1150. The minimum absolute atomic E-state index is 0.00902. The van der Waals surface area contributed by atoms with E-state index in [0.29, 0.717) is 17.0 Å². The molecule has 0 radical (unpaired) electrons. The van der Waals surface area contributed by atoms with Gasteiger partial charge in [0.25, 0.3) is 5.91 Å². The monoisotopic (exact) mass is 540 g/mol. The number of para-hydroxylation sites is 1. The van der Waals surface area contributed by atoms with Crippen molar-refractivity contribution in [1.29, 1.82) is 5.26 Å². The van der Waals surface area contributed by atoms with E-state index in [-0.39, 0.29) is 12.2 Å². The lowest BCUT2D eigenvalue weighted by Gasteiger charge is -2.33. The van der Waals surface area contributed by atoms with Crippen LogP contribution in [0.4, 0.5) is 10.5 Å². The molecule has 0 saturated heterocycles. The molecule has 2 atom stereocenters. The van der Waals surface area contributed by atoms with E-state index in [9.17, 15) is 24.8 Å². The summed E-state index contributed by atoms with van der Waals surface area (Å²) in [6.07, 6.45) is 1.37. The Kier molecular flexibility index (Phi) is 11.0. The predicted molar refractivity (Wildman–Crippen MR) is 149 cm³/mol. The van der Waals surface area contributed by atoms with Gasteiger partial charge in [-0.1, -0.05) is 30.3 Å². The summed E-state index contributed by atoms with van der Waals surface area (Å²) in [6.45, 7) is 8.46. The zero-order valence-electron chi connectivity index (χ0n) is 22.7. The number of phenolic OH excluding ortho intramolecular Hbond substituents is 1. The predicted octanol–water partition coefficient (Wildman–Crippen LogP) is 4.69. The highest BCUT2D eigenvalue weighted by Crippen LogP contribution is 2.28. The second-order valence-corrected chi connectivity index (χ2v) is 10.8. The van der Waals surface area contributed by atoms with Gasteiger partial charge in [0.05, 0.1) is 6.07 Å². The van der Waals surface area contributed by atoms with Crippen LogP contribution in [-0.4, -0.2) is 58.1 Å². The number of nitrogens with one attached hydrogen (secondary N) is 2. The Labute approximate surface area is 228 Å². The maximum atomic E-state index is 13.9. The third kappa shape index (κ3) is 8.70. The number of hydrogen-bond acceptors (Lipinski definition) is 7. The van der Waals surface area contributed by atoms with E-state index < -0.39 is 42.1 Å². The van der Waals surface area contributed by atoms with Gasteiger partial charge in [0.15, 0.2) is 0 Å². The number of ether oxygens (including phenoxy) is 1. The molecular formula is C28H36N4O5S. The topological polar surface area (TPSA) is 132 Å². The van der Waals surface area contributed by atoms with E-state index in [1.807, 2.05) is 44.4 Å². The molecule has 0 aliphatic carbocycles. The number of nitrogens with zero attached hydrogens (tertiary/aromatic N) is 2. The minimum Gasteiger partial charge on any atom is -0.508 e. The summed E-state index contributed by atoms with van der Waals surface area (Å²) in [5.41, 5.74) is 1.91. The summed E-state index contributed by atoms with van der Waals surface area (Å²) in [7, 11) is 0. The Hall–Kier alpha value is -3.71. The number of alkyl carbamates (subject to hydrolysis) is 1. The summed E-state index contributed by atoms with van der Waals surface area (Å²) in [5, 5.41) is 25.0.